The summed E-state index contributed by atoms with van der Waals surface area (Å²) in [7, 11) is 1.85. The van der Waals surface area contributed by atoms with Crippen LogP contribution in [0.25, 0.3) is 0 Å². The van der Waals surface area contributed by atoms with Gasteiger partial charge in [-0.25, -0.2) is 4.79 Å². The summed E-state index contributed by atoms with van der Waals surface area (Å²) >= 11 is 0. The van der Waals surface area contributed by atoms with E-state index in [0.29, 0.717) is 18.9 Å². The lowest BCUT2D eigenvalue weighted by Gasteiger charge is -2.20. The zero-order chi connectivity index (χ0) is 14.5. The minimum absolute atomic E-state index is 0.208. The Bertz CT molecular complexity index is 323. The molecule has 110 valence electrons. The second-order valence-corrected chi connectivity index (χ2v) is 6.25. The lowest BCUT2D eigenvalue weighted by molar-refractivity contribution is -0.130. The third kappa shape index (κ3) is 6.45. The van der Waals surface area contributed by atoms with Crippen molar-refractivity contribution >= 4 is 12.0 Å². The second-order valence-electron chi connectivity index (χ2n) is 6.25. The van der Waals surface area contributed by atoms with Gasteiger partial charge in [0.2, 0.25) is 5.91 Å². The van der Waals surface area contributed by atoms with E-state index in [1.54, 1.807) is 4.90 Å². The molecule has 0 bridgehead atoms. The van der Waals surface area contributed by atoms with Crippen molar-refractivity contribution < 1.29 is 14.3 Å². The minimum atomic E-state index is -0.467. The maximum absolute atomic E-state index is 11.7. The van der Waals surface area contributed by atoms with E-state index in [9.17, 15) is 9.59 Å². The first-order chi connectivity index (χ1) is 8.78. The molecule has 0 aromatic rings. The molecule has 1 unspecified atom stereocenters. The van der Waals surface area contributed by atoms with Crippen LogP contribution >= 0.6 is 0 Å². The van der Waals surface area contributed by atoms with Gasteiger partial charge in [0.25, 0.3) is 0 Å². The first-order valence-corrected chi connectivity index (χ1v) is 6.99. The molecule has 0 saturated carbocycles. The molecule has 0 aliphatic carbocycles. The Morgan fingerprint density at radius 1 is 1.47 bits per heavy atom. The van der Waals surface area contributed by atoms with Crippen molar-refractivity contribution in [3.05, 3.63) is 0 Å². The number of carbonyl (C=O) groups excluding carboxylic acids is 2. The fourth-order valence-electron chi connectivity index (χ4n) is 2.19. The van der Waals surface area contributed by atoms with E-state index in [-0.39, 0.29) is 12.0 Å². The Hall–Kier alpha value is -1.26. The smallest absolute Gasteiger partial charge is 0.407 e. The van der Waals surface area contributed by atoms with Crippen LogP contribution in [0.1, 0.15) is 46.5 Å². The van der Waals surface area contributed by atoms with Gasteiger partial charge in [-0.2, -0.15) is 0 Å². The molecular formula is C14H26N2O3. The Labute approximate surface area is 115 Å². The molecule has 1 atom stereocenters. The van der Waals surface area contributed by atoms with E-state index in [2.05, 4.69) is 5.32 Å². The number of nitrogens with zero attached hydrogens (tertiary/aromatic N) is 1. The lowest BCUT2D eigenvalue weighted by atomic mass is 9.97. The number of rotatable bonds is 3. The van der Waals surface area contributed by atoms with Gasteiger partial charge < -0.3 is 15.0 Å². The predicted molar refractivity (Wildman–Crippen MR) is 73.8 cm³/mol. The Kier molecular flexibility index (Phi) is 5.63. The highest BCUT2D eigenvalue weighted by molar-refractivity contribution is 5.76. The van der Waals surface area contributed by atoms with E-state index in [0.717, 1.165) is 25.8 Å². The maximum Gasteiger partial charge on any atom is 0.407 e. The Balaban J connectivity index is 2.25. The summed E-state index contributed by atoms with van der Waals surface area (Å²) in [5, 5.41) is 2.75. The van der Waals surface area contributed by atoms with Gasteiger partial charge in [-0.3, -0.25) is 4.79 Å². The molecule has 1 N–H and O–H groups in total. The van der Waals surface area contributed by atoms with Crippen LogP contribution in [-0.4, -0.2) is 42.6 Å². The molecule has 5 heteroatoms. The predicted octanol–water partition coefficient (Wildman–Crippen LogP) is 2.16. The monoisotopic (exact) mass is 270 g/mol. The summed E-state index contributed by atoms with van der Waals surface area (Å²) in [5.74, 6) is 0.576. The van der Waals surface area contributed by atoms with Crippen molar-refractivity contribution in [1.29, 1.82) is 0 Å². The van der Waals surface area contributed by atoms with Crippen molar-refractivity contribution in [3.8, 4) is 0 Å². The number of amides is 2. The summed E-state index contributed by atoms with van der Waals surface area (Å²) in [6.07, 6.45) is 3.13. The molecule has 1 aliphatic rings. The van der Waals surface area contributed by atoms with Crippen molar-refractivity contribution in [2.75, 3.05) is 20.1 Å². The number of hydrogen-bond acceptors (Lipinski definition) is 3. The first-order valence-electron chi connectivity index (χ1n) is 6.99. The average Bonchev–Trinajstić information content (AvgIpc) is 2.39. The SMILES string of the molecule is CN1CCCC(CCNC(=O)OC(C)(C)C)CC1=O. The van der Waals surface area contributed by atoms with Gasteiger partial charge in [0.15, 0.2) is 0 Å². The van der Waals surface area contributed by atoms with Crippen LogP contribution in [0, 0.1) is 5.92 Å². The van der Waals surface area contributed by atoms with Crippen LogP contribution in [0.2, 0.25) is 0 Å². The molecule has 1 fully saturated rings. The molecule has 0 aromatic carbocycles. The van der Waals surface area contributed by atoms with E-state index >= 15 is 0 Å². The summed E-state index contributed by atoms with van der Waals surface area (Å²) in [6.45, 7) is 6.93. The summed E-state index contributed by atoms with van der Waals surface area (Å²) in [4.78, 5) is 25.0. The van der Waals surface area contributed by atoms with Gasteiger partial charge >= 0.3 is 6.09 Å². The molecule has 0 aromatic heterocycles. The third-order valence-corrected chi connectivity index (χ3v) is 3.22. The fourth-order valence-corrected chi connectivity index (χ4v) is 2.19. The molecule has 1 rings (SSSR count). The number of likely N-dealkylation sites (tertiary alicyclic amines) is 1. The normalized spacial score (nSPS) is 20.9. The topological polar surface area (TPSA) is 58.6 Å². The lowest BCUT2D eigenvalue weighted by Crippen LogP contribution is -2.33. The van der Waals surface area contributed by atoms with Crippen molar-refractivity contribution in [3.63, 3.8) is 0 Å². The minimum Gasteiger partial charge on any atom is -0.444 e. The Morgan fingerprint density at radius 2 is 2.16 bits per heavy atom. The van der Waals surface area contributed by atoms with Crippen LogP contribution in [0.3, 0.4) is 0 Å². The van der Waals surface area contributed by atoms with Gasteiger partial charge in [-0.05, 0) is 46.0 Å². The van der Waals surface area contributed by atoms with Crippen LogP contribution in [-0.2, 0) is 9.53 Å². The quantitative estimate of drug-likeness (QED) is 0.855. The second kappa shape index (κ2) is 6.78. The standard InChI is InChI=1S/C14H26N2O3/c1-14(2,3)19-13(18)15-8-7-11-6-5-9-16(4)12(17)10-11/h11H,5-10H2,1-4H3,(H,15,18). The van der Waals surface area contributed by atoms with E-state index in [4.69, 9.17) is 4.74 Å². The van der Waals surface area contributed by atoms with Crippen LogP contribution < -0.4 is 5.32 Å². The molecular weight excluding hydrogens is 244 g/mol. The molecule has 0 radical (unpaired) electrons. The summed E-state index contributed by atoms with van der Waals surface area (Å²) in [6, 6.07) is 0. The van der Waals surface area contributed by atoms with Gasteiger partial charge in [0.05, 0.1) is 0 Å². The van der Waals surface area contributed by atoms with Crippen molar-refractivity contribution in [2.24, 2.45) is 5.92 Å². The fraction of sp³-hybridized carbons (Fsp3) is 0.857. The third-order valence-electron chi connectivity index (χ3n) is 3.22. The number of ether oxygens (including phenoxy) is 1. The van der Waals surface area contributed by atoms with Crippen LogP contribution in [0.15, 0.2) is 0 Å². The zero-order valence-electron chi connectivity index (χ0n) is 12.5. The number of carbonyl (C=O) groups is 2. The van der Waals surface area contributed by atoms with Gasteiger partial charge in [0, 0.05) is 26.6 Å². The average molecular weight is 270 g/mol. The van der Waals surface area contributed by atoms with Crippen molar-refractivity contribution in [2.45, 2.75) is 52.1 Å². The highest BCUT2D eigenvalue weighted by Crippen LogP contribution is 2.20. The largest absolute Gasteiger partial charge is 0.444 e. The summed E-state index contributed by atoms with van der Waals surface area (Å²) in [5.41, 5.74) is -0.467. The molecule has 1 aliphatic heterocycles. The van der Waals surface area contributed by atoms with E-state index in [1.165, 1.54) is 0 Å². The number of hydrogen-bond donors (Lipinski definition) is 1. The van der Waals surface area contributed by atoms with Gasteiger partial charge in [-0.1, -0.05) is 0 Å². The molecule has 1 saturated heterocycles. The van der Waals surface area contributed by atoms with Gasteiger partial charge in [-0.15, -0.1) is 0 Å². The zero-order valence-corrected chi connectivity index (χ0v) is 12.5. The highest BCUT2D eigenvalue weighted by atomic mass is 16.6. The van der Waals surface area contributed by atoms with Crippen molar-refractivity contribution in [1.82, 2.24) is 10.2 Å². The maximum atomic E-state index is 11.7. The van der Waals surface area contributed by atoms with E-state index < -0.39 is 5.60 Å². The molecule has 19 heavy (non-hydrogen) atoms. The number of alkyl carbamates (subject to hydrolysis) is 1. The highest BCUT2D eigenvalue weighted by Gasteiger charge is 2.21. The molecule has 5 nitrogen and oxygen atoms in total. The molecule has 0 spiro atoms. The number of nitrogens with one attached hydrogen (secondary N) is 1. The van der Waals surface area contributed by atoms with Crippen LogP contribution in [0.5, 0.6) is 0 Å². The molecule has 1 heterocycles. The van der Waals surface area contributed by atoms with E-state index in [1.807, 2.05) is 27.8 Å². The Morgan fingerprint density at radius 3 is 2.79 bits per heavy atom. The van der Waals surface area contributed by atoms with Crippen LogP contribution in [0.4, 0.5) is 4.79 Å². The molecule has 2 amide bonds. The summed E-state index contributed by atoms with van der Waals surface area (Å²) < 4.78 is 5.16. The first kappa shape index (κ1) is 15.8. The van der Waals surface area contributed by atoms with Gasteiger partial charge in [0.1, 0.15) is 5.60 Å².